The lowest BCUT2D eigenvalue weighted by molar-refractivity contribution is 0.573. The number of halogens is 2. The molecule has 1 aliphatic heterocycles. The number of fused-ring (bicyclic) bond motifs is 1. The van der Waals surface area contributed by atoms with Crippen molar-refractivity contribution < 1.29 is 8.78 Å². The van der Waals surface area contributed by atoms with Crippen molar-refractivity contribution in [3.63, 3.8) is 0 Å². The van der Waals surface area contributed by atoms with Crippen molar-refractivity contribution >= 4 is 16.9 Å². The lowest BCUT2D eigenvalue weighted by Gasteiger charge is -2.27. The number of aromatic nitrogens is 2. The number of nitrogens with zero attached hydrogens (tertiary/aromatic N) is 3. The molecular weight excluding hydrogens is 308 g/mol. The standard InChI is InChI=1S/C19H17F2N3/c20-14-5-4-6-15(21)19(14)13-7-8-16-17(11-13)23-18(12-22-16)24-9-2-1-3-10-24/h4-8,11-12H,1-3,9-10H2. The third-order valence-corrected chi connectivity index (χ3v) is 4.46. The van der Waals surface area contributed by atoms with Gasteiger partial charge in [0, 0.05) is 13.1 Å². The van der Waals surface area contributed by atoms with E-state index in [0.717, 1.165) is 37.3 Å². The third kappa shape index (κ3) is 2.70. The maximum Gasteiger partial charge on any atom is 0.147 e. The lowest BCUT2D eigenvalue weighted by Crippen LogP contribution is -2.30. The van der Waals surface area contributed by atoms with E-state index < -0.39 is 11.6 Å². The molecule has 0 aliphatic carbocycles. The summed E-state index contributed by atoms with van der Waals surface area (Å²) in [6.07, 6.45) is 5.33. The van der Waals surface area contributed by atoms with Gasteiger partial charge >= 0.3 is 0 Å². The van der Waals surface area contributed by atoms with Crippen LogP contribution in [0.1, 0.15) is 19.3 Å². The number of piperidine rings is 1. The zero-order valence-corrected chi connectivity index (χ0v) is 13.2. The number of hydrogen-bond acceptors (Lipinski definition) is 3. The maximum absolute atomic E-state index is 14.0. The second kappa shape index (κ2) is 6.15. The zero-order chi connectivity index (χ0) is 16.5. The van der Waals surface area contributed by atoms with E-state index in [-0.39, 0.29) is 5.56 Å². The molecule has 0 bridgehead atoms. The van der Waals surface area contributed by atoms with Gasteiger partial charge in [-0.05, 0) is 49.1 Å². The summed E-state index contributed by atoms with van der Waals surface area (Å²) in [4.78, 5) is 11.3. The molecule has 24 heavy (non-hydrogen) atoms. The van der Waals surface area contributed by atoms with E-state index in [9.17, 15) is 8.78 Å². The second-order valence-corrected chi connectivity index (χ2v) is 6.08. The van der Waals surface area contributed by atoms with Crippen molar-refractivity contribution in [3.05, 3.63) is 54.2 Å². The van der Waals surface area contributed by atoms with Crippen molar-refractivity contribution in [1.29, 1.82) is 0 Å². The van der Waals surface area contributed by atoms with Crippen LogP contribution >= 0.6 is 0 Å². The topological polar surface area (TPSA) is 29.0 Å². The van der Waals surface area contributed by atoms with E-state index in [0.29, 0.717) is 11.1 Å². The molecule has 3 aromatic rings. The van der Waals surface area contributed by atoms with Crippen molar-refractivity contribution in [3.8, 4) is 11.1 Å². The molecule has 0 atom stereocenters. The van der Waals surface area contributed by atoms with E-state index in [1.54, 1.807) is 24.4 Å². The fraction of sp³-hybridized carbons (Fsp3) is 0.263. The molecule has 1 aliphatic rings. The molecule has 0 spiro atoms. The van der Waals surface area contributed by atoms with Crippen molar-refractivity contribution in [2.45, 2.75) is 19.3 Å². The first-order valence-corrected chi connectivity index (χ1v) is 8.18. The SMILES string of the molecule is Fc1cccc(F)c1-c1ccc2ncc(N3CCCCC3)nc2c1. The summed E-state index contributed by atoms with van der Waals surface area (Å²) in [5, 5.41) is 0. The Labute approximate surface area is 139 Å². The first kappa shape index (κ1) is 15.0. The second-order valence-electron chi connectivity index (χ2n) is 6.08. The van der Waals surface area contributed by atoms with E-state index in [1.165, 1.54) is 24.6 Å². The molecule has 0 unspecified atom stereocenters. The highest BCUT2D eigenvalue weighted by molar-refractivity contribution is 5.82. The average Bonchev–Trinajstić information content (AvgIpc) is 2.62. The molecule has 0 amide bonds. The van der Waals surface area contributed by atoms with E-state index >= 15 is 0 Å². The van der Waals surface area contributed by atoms with Crippen LogP contribution in [-0.2, 0) is 0 Å². The van der Waals surface area contributed by atoms with Crippen LogP contribution in [0.25, 0.3) is 22.2 Å². The predicted octanol–water partition coefficient (Wildman–Crippen LogP) is 4.57. The molecular formula is C19H17F2N3. The third-order valence-electron chi connectivity index (χ3n) is 4.46. The van der Waals surface area contributed by atoms with Crippen LogP contribution in [0.2, 0.25) is 0 Å². The van der Waals surface area contributed by atoms with Crippen molar-refractivity contribution in [2.75, 3.05) is 18.0 Å². The minimum Gasteiger partial charge on any atom is -0.355 e. The molecule has 122 valence electrons. The summed E-state index contributed by atoms with van der Waals surface area (Å²) in [5.41, 5.74) is 1.82. The van der Waals surface area contributed by atoms with Crippen LogP contribution in [0.15, 0.2) is 42.6 Å². The Morgan fingerprint density at radius 3 is 2.38 bits per heavy atom. The van der Waals surface area contributed by atoms with Crippen LogP contribution < -0.4 is 4.90 Å². The van der Waals surface area contributed by atoms with Crippen molar-refractivity contribution in [2.24, 2.45) is 0 Å². The molecule has 0 N–H and O–H groups in total. The summed E-state index contributed by atoms with van der Waals surface area (Å²) < 4.78 is 28.0. The Morgan fingerprint density at radius 1 is 0.875 bits per heavy atom. The monoisotopic (exact) mass is 325 g/mol. The quantitative estimate of drug-likeness (QED) is 0.691. The van der Waals surface area contributed by atoms with E-state index in [1.807, 2.05) is 0 Å². The Kier molecular flexibility index (Phi) is 3.84. The normalized spacial score (nSPS) is 15.0. The van der Waals surface area contributed by atoms with Gasteiger partial charge in [0.1, 0.15) is 17.5 Å². The molecule has 0 radical (unpaired) electrons. The summed E-state index contributed by atoms with van der Waals surface area (Å²) in [7, 11) is 0. The fourth-order valence-corrected chi connectivity index (χ4v) is 3.21. The molecule has 2 heterocycles. The number of rotatable bonds is 2. The van der Waals surface area contributed by atoms with Gasteiger partial charge in [-0.15, -0.1) is 0 Å². The zero-order valence-electron chi connectivity index (χ0n) is 13.2. The molecule has 5 heteroatoms. The largest absolute Gasteiger partial charge is 0.355 e. The highest BCUT2D eigenvalue weighted by atomic mass is 19.1. The Bertz CT molecular complexity index is 869. The summed E-state index contributed by atoms with van der Waals surface area (Å²) in [5.74, 6) is -0.322. The van der Waals surface area contributed by atoms with Crippen LogP contribution in [0.4, 0.5) is 14.6 Å². The van der Waals surface area contributed by atoms with Gasteiger partial charge in [-0.2, -0.15) is 0 Å². The van der Waals surface area contributed by atoms with Gasteiger partial charge in [0.25, 0.3) is 0 Å². The Morgan fingerprint density at radius 2 is 1.62 bits per heavy atom. The van der Waals surface area contributed by atoms with E-state index in [2.05, 4.69) is 14.9 Å². The van der Waals surface area contributed by atoms with Gasteiger partial charge < -0.3 is 4.90 Å². The van der Waals surface area contributed by atoms with Gasteiger partial charge in [-0.3, -0.25) is 4.98 Å². The van der Waals surface area contributed by atoms with Crippen LogP contribution in [-0.4, -0.2) is 23.1 Å². The first-order chi connectivity index (χ1) is 11.7. The average molecular weight is 325 g/mol. The fourth-order valence-electron chi connectivity index (χ4n) is 3.21. The minimum absolute atomic E-state index is 0.0235. The molecule has 4 rings (SSSR count). The predicted molar refractivity (Wildman–Crippen MR) is 91.0 cm³/mol. The van der Waals surface area contributed by atoms with Crippen LogP contribution in [0.3, 0.4) is 0 Å². The van der Waals surface area contributed by atoms with Gasteiger partial charge in [0.05, 0.1) is 22.8 Å². The Balaban J connectivity index is 1.79. The van der Waals surface area contributed by atoms with Gasteiger partial charge in [0.2, 0.25) is 0 Å². The Hall–Kier alpha value is -2.56. The van der Waals surface area contributed by atoms with Gasteiger partial charge in [-0.25, -0.2) is 13.8 Å². The van der Waals surface area contributed by atoms with Crippen LogP contribution in [0.5, 0.6) is 0 Å². The van der Waals surface area contributed by atoms with Gasteiger partial charge in [-0.1, -0.05) is 12.1 Å². The lowest BCUT2D eigenvalue weighted by atomic mass is 10.0. The molecule has 3 nitrogen and oxygen atoms in total. The van der Waals surface area contributed by atoms with Crippen LogP contribution in [0, 0.1) is 11.6 Å². The molecule has 1 saturated heterocycles. The summed E-state index contributed by atoms with van der Waals surface area (Å²) in [6, 6.07) is 9.03. The number of hydrogen-bond donors (Lipinski definition) is 0. The molecule has 1 fully saturated rings. The minimum atomic E-state index is -0.575. The molecule has 0 saturated carbocycles. The highest BCUT2D eigenvalue weighted by Gasteiger charge is 2.15. The smallest absolute Gasteiger partial charge is 0.147 e. The highest BCUT2D eigenvalue weighted by Crippen LogP contribution is 2.28. The van der Waals surface area contributed by atoms with E-state index in [4.69, 9.17) is 0 Å². The first-order valence-electron chi connectivity index (χ1n) is 8.18. The summed E-state index contributed by atoms with van der Waals surface area (Å²) in [6.45, 7) is 1.95. The maximum atomic E-state index is 14.0. The number of benzene rings is 2. The van der Waals surface area contributed by atoms with Crippen molar-refractivity contribution in [1.82, 2.24) is 9.97 Å². The molecule has 2 aromatic carbocycles. The van der Waals surface area contributed by atoms with Gasteiger partial charge in [0.15, 0.2) is 0 Å². The summed E-state index contributed by atoms with van der Waals surface area (Å²) >= 11 is 0. The molecule has 1 aromatic heterocycles. The number of anilines is 1.